The van der Waals surface area contributed by atoms with Crippen LogP contribution in [0.3, 0.4) is 0 Å². The first-order valence-corrected chi connectivity index (χ1v) is 10.3. The maximum atomic E-state index is 14.4. The third kappa shape index (κ3) is 3.90. The number of aromatic hydroxyl groups is 1. The molecule has 0 atom stereocenters. The van der Waals surface area contributed by atoms with Crippen molar-refractivity contribution < 1.29 is 19.4 Å². The number of carbonyl (C=O) groups is 1. The van der Waals surface area contributed by atoms with Crippen LogP contribution >= 0.6 is 22.7 Å². The number of hydrogen-bond acceptors (Lipinski definition) is 6. The van der Waals surface area contributed by atoms with Crippen molar-refractivity contribution >= 4 is 28.6 Å². The fourth-order valence-corrected chi connectivity index (χ4v) is 4.90. The number of carboxylic acids is 1. The van der Waals surface area contributed by atoms with Gasteiger partial charge in [-0.3, -0.25) is 0 Å². The van der Waals surface area contributed by atoms with E-state index >= 15 is 0 Å². The summed E-state index contributed by atoms with van der Waals surface area (Å²) in [5.74, 6) is -2.63. The monoisotopic (exact) mass is 426 g/mol. The summed E-state index contributed by atoms with van der Waals surface area (Å²) in [6, 6.07) is 12.0. The summed E-state index contributed by atoms with van der Waals surface area (Å²) in [4.78, 5) is 21.1. The van der Waals surface area contributed by atoms with Crippen molar-refractivity contribution in [3.8, 4) is 26.9 Å². The number of benzene rings is 2. The van der Waals surface area contributed by atoms with Gasteiger partial charge in [0.2, 0.25) is 0 Å². The second-order valence-corrected chi connectivity index (χ2v) is 8.32. The van der Waals surface area contributed by atoms with Gasteiger partial charge in [-0.25, -0.2) is 19.2 Å². The third-order valence-corrected chi connectivity index (χ3v) is 6.38. The van der Waals surface area contributed by atoms with Crippen LogP contribution < -0.4 is 0 Å². The van der Waals surface area contributed by atoms with Gasteiger partial charge in [0.25, 0.3) is 0 Å². The summed E-state index contributed by atoms with van der Waals surface area (Å²) in [7, 11) is 0. The lowest BCUT2D eigenvalue weighted by atomic mass is 10.1. The lowest BCUT2D eigenvalue weighted by Gasteiger charge is -2.04. The smallest absolute Gasteiger partial charge is 0.339 e. The Morgan fingerprint density at radius 3 is 2.66 bits per heavy atom. The Hall–Kier alpha value is -3.10. The van der Waals surface area contributed by atoms with E-state index in [1.807, 2.05) is 42.6 Å². The normalized spacial score (nSPS) is 11.0. The van der Waals surface area contributed by atoms with Gasteiger partial charge in [0.05, 0.1) is 21.3 Å². The van der Waals surface area contributed by atoms with Crippen molar-refractivity contribution in [1.82, 2.24) is 9.97 Å². The van der Waals surface area contributed by atoms with E-state index in [0.717, 1.165) is 34.1 Å². The van der Waals surface area contributed by atoms with Gasteiger partial charge in [-0.2, -0.15) is 0 Å². The molecule has 2 N–H and O–H groups in total. The van der Waals surface area contributed by atoms with Crippen LogP contribution in [-0.2, 0) is 6.42 Å². The SMILES string of the molecule is Cc1nc(Cc2ccccc2)sc1-c1csc(-c2cc(O)c(C(=O)O)cc2F)n1. The molecule has 0 spiro atoms. The van der Waals surface area contributed by atoms with E-state index in [4.69, 9.17) is 5.11 Å². The molecule has 4 aromatic rings. The van der Waals surface area contributed by atoms with Gasteiger partial charge in [0, 0.05) is 17.4 Å². The molecule has 0 aliphatic carbocycles. The molecule has 0 bridgehead atoms. The van der Waals surface area contributed by atoms with E-state index in [-0.39, 0.29) is 5.56 Å². The van der Waals surface area contributed by atoms with E-state index in [2.05, 4.69) is 9.97 Å². The highest BCUT2D eigenvalue weighted by molar-refractivity contribution is 7.16. The lowest BCUT2D eigenvalue weighted by molar-refractivity contribution is 0.0693. The highest BCUT2D eigenvalue weighted by Crippen LogP contribution is 2.37. The minimum atomic E-state index is -1.39. The summed E-state index contributed by atoms with van der Waals surface area (Å²) in [6.07, 6.45) is 0.725. The second kappa shape index (κ2) is 7.73. The van der Waals surface area contributed by atoms with Gasteiger partial charge < -0.3 is 10.2 Å². The first-order chi connectivity index (χ1) is 13.9. The fraction of sp³-hybridized carbons (Fsp3) is 0.0952. The zero-order valence-electron chi connectivity index (χ0n) is 15.2. The predicted molar refractivity (Wildman–Crippen MR) is 111 cm³/mol. The van der Waals surface area contributed by atoms with Crippen molar-refractivity contribution in [3.63, 3.8) is 0 Å². The number of nitrogens with zero attached hydrogens (tertiary/aromatic N) is 2. The molecular formula is C21H15FN2O3S2. The Bertz CT molecular complexity index is 1200. The third-order valence-electron chi connectivity index (χ3n) is 4.32. The number of halogens is 1. The van der Waals surface area contributed by atoms with Crippen molar-refractivity contribution in [2.45, 2.75) is 13.3 Å². The van der Waals surface area contributed by atoms with E-state index in [1.54, 1.807) is 11.3 Å². The van der Waals surface area contributed by atoms with Gasteiger partial charge in [-0.1, -0.05) is 30.3 Å². The van der Waals surface area contributed by atoms with Gasteiger partial charge in [-0.05, 0) is 24.6 Å². The minimum absolute atomic E-state index is 0.0652. The Balaban J connectivity index is 1.65. The molecule has 146 valence electrons. The number of phenols is 1. The molecule has 0 saturated carbocycles. The highest BCUT2D eigenvalue weighted by Gasteiger charge is 2.19. The first kappa shape index (κ1) is 19.2. The number of thiazole rings is 2. The summed E-state index contributed by atoms with van der Waals surface area (Å²) < 4.78 is 14.4. The van der Waals surface area contributed by atoms with Crippen LogP contribution in [0.25, 0.3) is 21.1 Å². The van der Waals surface area contributed by atoms with E-state index in [1.165, 1.54) is 16.9 Å². The maximum absolute atomic E-state index is 14.4. The van der Waals surface area contributed by atoms with Crippen molar-refractivity contribution in [2.24, 2.45) is 0 Å². The Kier molecular flexibility index (Phi) is 5.12. The van der Waals surface area contributed by atoms with Crippen LogP contribution in [-0.4, -0.2) is 26.2 Å². The molecular weight excluding hydrogens is 411 g/mol. The molecule has 4 rings (SSSR count). The zero-order valence-corrected chi connectivity index (χ0v) is 16.9. The van der Waals surface area contributed by atoms with Crippen LogP contribution in [0.2, 0.25) is 0 Å². The maximum Gasteiger partial charge on any atom is 0.339 e. The van der Waals surface area contributed by atoms with Crippen molar-refractivity contribution in [1.29, 1.82) is 0 Å². The van der Waals surface area contributed by atoms with Crippen LogP contribution in [0.1, 0.15) is 26.6 Å². The minimum Gasteiger partial charge on any atom is -0.507 e. The van der Waals surface area contributed by atoms with Crippen LogP contribution in [0, 0.1) is 12.7 Å². The number of aryl methyl sites for hydroxylation is 1. The van der Waals surface area contributed by atoms with E-state index in [9.17, 15) is 14.3 Å². The van der Waals surface area contributed by atoms with Crippen molar-refractivity contribution in [3.05, 3.63) is 75.5 Å². The van der Waals surface area contributed by atoms with Gasteiger partial charge in [0.1, 0.15) is 22.1 Å². The molecule has 0 amide bonds. The average Bonchev–Trinajstić information content (AvgIpc) is 3.30. The van der Waals surface area contributed by atoms with Gasteiger partial charge in [-0.15, -0.1) is 22.7 Å². The van der Waals surface area contributed by atoms with Crippen molar-refractivity contribution in [2.75, 3.05) is 0 Å². The van der Waals surface area contributed by atoms with E-state index in [0.29, 0.717) is 10.7 Å². The molecule has 0 saturated heterocycles. The number of aromatic carboxylic acids is 1. The highest BCUT2D eigenvalue weighted by atomic mass is 32.1. The Morgan fingerprint density at radius 1 is 1.17 bits per heavy atom. The number of rotatable bonds is 5. The van der Waals surface area contributed by atoms with Gasteiger partial charge in [0.15, 0.2) is 0 Å². The molecule has 0 aliphatic heterocycles. The summed E-state index contributed by atoms with van der Waals surface area (Å²) in [5.41, 5.74) is 2.29. The molecule has 29 heavy (non-hydrogen) atoms. The van der Waals surface area contributed by atoms with Crippen LogP contribution in [0.5, 0.6) is 5.75 Å². The summed E-state index contributed by atoms with van der Waals surface area (Å²) >= 11 is 2.77. The second-order valence-electron chi connectivity index (χ2n) is 6.38. The number of aromatic nitrogens is 2. The number of carboxylic acid groups (broad SMARTS) is 1. The fourth-order valence-electron chi connectivity index (χ4n) is 2.93. The van der Waals surface area contributed by atoms with Crippen LogP contribution in [0.4, 0.5) is 4.39 Å². The molecule has 0 fully saturated rings. The molecule has 8 heteroatoms. The summed E-state index contributed by atoms with van der Waals surface area (Å²) in [6.45, 7) is 1.91. The first-order valence-electron chi connectivity index (χ1n) is 8.64. The molecule has 2 heterocycles. The Labute approximate surface area is 173 Å². The quantitative estimate of drug-likeness (QED) is 0.448. The standard InChI is InChI=1S/C21H15FN2O3S2/c1-11-19(29-18(23-11)7-12-5-3-2-4-6-12)16-10-28-20(24-16)13-9-17(25)14(21(26)27)8-15(13)22/h2-6,8-10,25H,7H2,1H3,(H,26,27). The molecule has 0 unspecified atom stereocenters. The topological polar surface area (TPSA) is 83.3 Å². The lowest BCUT2D eigenvalue weighted by Crippen LogP contribution is -1.98. The number of hydrogen-bond donors (Lipinski definition) is 2. The Morgan fingerprint density at radius 2 is 1.93 bits per heavy atom. The largest absolute Gasteiger partial charge is 0.507 e. The molecule has 0 aliphatic rings. The van der Waals surface area contributed by atoms with Gasteiger partial charge >= 0.3 is 5.97 Å². The molecule has 0 radical (unpaired) electrons. The predicted octanol–water partition coefficient (Wildman–Crippen LogP) is 5.38. The van der Waals surface area contributed by atoms with E-state index < -0.39 is 23.1 Å². The summed E-state index contributed by atoms with van der Waals surface area (Å²) in [5, 5.41) is 22.0. The molecule has 2 aromatic carbocycles. The molecule has 5 nitrogen and oxygen atoms in total. The zero-order chi connectivity index (χ0) is 20.5. The van der Waals surface area contributed by atoms with Crippen LogP contribution in [0.15, 0.2) is 47.8 Å². The molecule has 2 aromatic heterocycles. The average molecular weight is 426 g/mol.